The fraction of sp³-hybridized carbons (Fsp3) is 0.333. The van der Waals surface area contributed by atoms with Crippen LogP contribution in [0.3, 0.4) is 0 Å². The smallest absolute Gasteiger partial charge is 0.417 e. The molecule has 38 heavy (non-hydrogen) atoms. The summed E-state index contributed by atoms with van der Waals surface area (Å²) in [6.07, 6.45) is -0.273. The second-order valence-electron chi connectivity index (χ2n) is 10.2. The highest BCUT2D eigenvalue weighted by molar-refractivity contribution is 5.97. The van der Waals surface area contributed by atoms with E-state index in [9.17, 15) is 22.8 Å². The van der Waals surface area contributed by atoms with Crippen molar-refractivity contribution in [1.29, 1.82) is 0 Å². The summed E-state index contributed by atoms with van der Waals surface area (Å²) in [6.45, 7) is 0.0886. The zero-order chi connectivity index (χ0) is 26.8. The van der Waals surface area contributed by atoms with Crippen molar-refractivity contribution >= 4 is 11.8 Å². The number of rotatable bonds is 6. The molecular formula is C30H29F3N2O3. The largest absolute Gasteiger partial charge is 0.489 e. The van der Waals surface area contributed by atoms with Gasteiger partial charge in [-0.05, 0) is 67.3 Å². The van der Waals surface area contributed by atoms with Crippen LogP contribution in [0, 0.1) is 11.8 Å². The van der Waals surface area contributed by atoms with E-state index in [1.807, 2.05) is 48.5 Å². The van der Waals surface area contributed by atoms with E-state index in [-0.39, 0.29) is 29.6 Å². The Morgan fingerprint density at radius 3 is 2.21 bits per heavy atom. The van der Waals surface area contributed by atoms with Gasteiger partial charge in [0, 0.05) is 11.3 Å². The molecule has 3 aliphatic rings. The average molecular weight is 523 g/mol. The van der Waals surface area contributed by atoms with E-state index in [0.717, 1.165) is 48.9 Å². The topological polar surface area (TPSA) is 67.4 Å². The van der Waals surface area contributed by atoms with E-state index in [1.54, 1.807) is 12.1 Å². The lowest BCUT2D eigenvalue weighted by molar-refractivity contribution is -0.138. The fourth-order valence-corrected chi connectivity index (χ4v) is 6.01. The Hall–Kier alpha value is -3.81. The Labute approximate surface area is 219 Å². The van der Waals surface area contributed by atoms with Gasteiger partial charge >= 0.3 is 6.18 Å². The quantitative estimate of drug-likeness (QED) is 0.379. The summed E-state index contributed by atoms with van der Waals surface area (Å²) in [7, 11) is 0. The second-order valence-corrected chi connectivity index (χ2v) is 10.2. The third-order valence-electron chi connectivity index (χ3n) is 7.99. The molecule has 0 radical (unpaired) electrons. The van der Waals surface area contributed by atoms with Crippen LogP contribution in [0.4, 0.5) is 13.2 Å². The molecule has 1 unspecified atom stereocenters. The van der Waals surface area contributed by atoms with Crippen LogP contribution in [0.2, 0.25) is 0 Å². The third-order valence-corrected chi connectivity index (χ3v) is 7.99. The van der Waals surface area contributed by atoms with Gasteiger partial charge in [0.15, 0.2) is 0 Å². The SMILES string of the molecule is O=C(NNC(=O)C1CC2CCC1(c1ccccc1)CC2)c1ccc(OCc2ccccc2)cc1C(F)(F)F. The predicted octanol–water partition coefficient (Wildman–Crippen LogP) is 6.19. The number of nitrogens with one attached hydrogen (secondary N) is 2. The molecule has 1 atom stereocenters. The van der Waals surface area contributed by atoms with Crippen LogP contribution in [-0.4, -0.2) is 11.8 Å². The van der Waals surface area contributed by atoms with Gasteiger partial charge in [-0.3, -0.25) is 20.4 Å². The molecule has 3 aliphatic carbocycles. The first kappa shape index (κ1) is 25.8. The molecule has 5 nitrogen and oxygen atoms in total. The van der Waals surface area contributed by atoms with E-state index in [2.05, 4.69) is 10.9 Å². The number of hydrogen-bond acceptors (Lipinski definition) is 3. The van der Waals surface area contributed by atoms with E-state index in [1.165, 1.54) is 6.07 Å². The van der Waals surface area contributed by atoms with E-state index in [0.29, 0.717) is 12.3 Å². The molecule has 0 saturated heterocycles. The molecule has 2 amide bonds. The lowest BCUT2D eigenvalue weighted by Crippen LogP contribution is -2.55. The van der Waals surface area contributed by atoms with Crippen molar-refractivity contribution in [3.63, 3.8) is 0 Å². The van der Waals surface area contributed by atoms with Crippen LogP contribution in [0.1, 0.15) is 59.2 Å². The van der Waals surface area contributed by atoms with Gasteiger partial charge in [0.2, 0.25) is 5.91 Å². The molecule has 0 spiro atoms. The van der Waals surface area contributed by atoms with Crippen molar-refractivity contribution in [2.75, 3.05) is 0 Å². The number of hydrogen-bond donors (Lipinski definition) is 2. The molecule has 8 heteroatoms. The molecule has 3 fully saturated rings. The van der Waals surface area contributed by atoms with Gasteiger partial charge in [0.1, 0.15) is 12.4 Å². The van der Waals surface area contributed by atoms with Crippen LogP contribution in [0.25, 0.3) is 0 Å². The Morgan fingerprint density at radius 1 is 0.895 bits per heavy atom. The maximum absolute atomic E-state index is 13.9. The summed E-state index contributed by atoms with van der Waals surface area (Å²) in [5.41, 5.74) is 4.51. The minimum Gasteiger partial charge on any atom is -0.489 e. The lowest BCUT2D eigenvalue weighted by atomic mass is 9.52. The van der Waals surface area contributed by atoms with Gasteiger partial charge in [-0.2, -0.15) is 13.2 Å². The highest BCUT2D eigenvalue weighted by atomic mass is 19.4. The summed E-state index contributed by atoms with van der Waals surface area (Å²) in [4.78, 5) is 26.1. The minimum atomic E-state index is -4.79. The number of halogens is 3. The Balaban J connectivity index is 1.29. The lowest BCUT2D eigenvalue weighted by Gasteiger charge is -2.51. The van der Waals surface area contributed by atoms with Gasteiger partial charge in [-0.25, -0.2) is 0 Å². The van der Waals surface area contributed by atoms with Crippen LogP contribution >= 0.6 is 0 Å². The Bertz CT molecular complexity index is 1290. The molecule has 0 aliphatic heterocycles. The standard InChI is InChI=1S/C30H29F3N2O3/c31-30(32,33)25-18-23(38-19-21-7-3-1-4-8-21)11-12-24(25)27(36)34-35-28(37)26-17-20-13-15-29(26,16-14-20)22-9-5-2-6-10-22/h1-12,18,20,26H,13-17,19H2,(H,34,36)(H,35,37). The first-order valence-electron chi connectivity index (χ1n) is 12.8. The molecule has 0 aromatic heterocycles. The summed E-state index contributed by atoms with van der Waals surface area (Å²) in [5, 5.41) is 0. The first-order chi connectivity index (χ1) is 18.3. The van der Waals surface area contributed by atoms with Crippen molar-refractivity contribution in [3.05, 3.63) is 101 Å². The predicted molar refractivity (Wildman–Crippen MR) is 136 cm³/mol. The monoisotopic (exact) mass is 522 g/mol. The highest BCUT2D eigenvalue weighted by Crippen LogP contribution is 2.55. The summed E-state index contributed by atoms with van der Waals surface area (Å²) < 4.78 is 47.1. The number of alkyl halides is 3. The van der Waals surface area contributed by atoms with Crippen molar-refractivity contribution < 1.29 is 27.5 Å². The maximum Gasteiger partial charge on any atom is 0.417 e. The molecule has 198 valence electrons. The van der Waals surface area contributed by atoms with E-state index in [4.69, 9.17) is 4.74 Å². The Morgan fingerprint density at radius 2 is 1.55 bits per heavy atom. The summed E-state index contributed by atoms with van der Waals surface area (Å²) in [5.74, 6) is -1.34. The zero-order valence-electron chi connectivity index (χ0n) is 20.8. The normalized spacial score (nSPS) is 22.5. The van der Waals surface area contributed by atoms with Crippen LogP contribution in [0.5, 0.6) is 5.75 Å². The molecule has 3 saturated carbocycles. The molecule has 6 rings (SSSR count). The second kappa shape index (κ2) is 10.5. The van der Waals surface area contributed by atoms with Crippen LogP contribution < -0.4 is 15.6 Å². The van der Waals surface area contributed by atoms with Gasteiger partial charge < -0.3 is 4.74 Å². The number of hydrazine groups is 1. The third kappa shape index (κ3) is 5.26. The summed E-state index contributed by atoms with van der Waals surface area (Å²) in [6, 6.07) is 22.1. The first-order valence-corrected chi connectivity index (χ1v) is 12.8. The van der Waals surface area contributed by atoms with E-state index >= 15 is 0 Å². The number of ether oxygens (including phenoxy) is 1. The maximum atomic E-state index is 13.9. The molecule has 2 bridgehead atoms. The van der Waals surface area contributed by atoms with Crippen molar-refractivity contribution in [2.24, 2.45) is 11.8 Å². The van der Waals surface area contributed by atoms with Gasteiger partial charge in [0.25, 0.3) is 5.91 Å². The van der Waals surface area contributed by atoms with Gasteiger partial charge in [-0.1, -0.05) is 60.7 Å². The molecule has 3 aromatic carbocycles. The molecule has 3 aromatic rings. The van der Waals surface area contributed by atoms with Gasteiger partial charge in [0.05, 0.1) is 11.1 Å². The number of fused-ring (bicyclic) bond motifs is 3. The highest BCUT2D eigenvalue weighted by Gasteiger charge is 2.51. The minimum absolute atomic E-state index is 0.00945. The number of benzene rings is 3. The molecular weight excluding hydrogens is 493 g/mol. The molecule has 0 heterocycles. The van der Waals surface area contributed by atoms with Crippen molar-refractivity contribution in [3.8, 4) is 5.75 Å². The Kier molecular flexibility index (Phi) is 7.15. The van der Waals surface area contributed by atoms with E-state index < -0.39 is 23.2 Å². The number of amides is 2. The molecule has 2 N–H and O–H groups in total. The summed E-state index contributed by atoms with van der Waals surface area (Å²) >= 11 is 0. The fourth-order valence-electron chi connectivity index (χ4n) is 6.01. The average Bonchev–Trinajstić information content (AvgIpc) is 2.95. The number of carbonyl (C=O) groups excluding carboxylic acids is 2. The van der Waals surface area contributed by atoms with Crippen LogP contribution in [-0.2, 0) is 23.0 Å². The van der Waals surface area contributed by atoms with Gasteiger partial charge in [-0.15, -0.1) is 0 Å². The van der Waals surface area contributed by atoms with Crippen molar-refractivity contribution in [2.45, 2.75) is 50.3 Å². The zero-order valence-corrected chi connectivity index (χ0v) is 20.8. The van der Waals surface area contributed by atoms with Crippen LogP contribution in [0.15, 0.2) is 78.9 Å². The number of carbonyl (C=O) groups is 2. The van der Waals surface area contributed by atoms with Crippen molar-refractivity contribution in [1.82, 2.24) is 10.9 Å².